The molecule has 0 spiro atoms. The Morgan fingerprint density at radius 3 is 1.50 bits per heavy atom. The normalized spacial score (nSPS) is 11.1. The van der Waals surface area contributed by atoms with Crippen molar-refractivity contribution in [2.24, 2.45) is 0 Å². The summed E-state index contributed by atoms with van der Waals surface area (Å²) in [5.74, 6) is 0.553. The Kier molecular flexibility index (Phi) is 5.15. The lowest BCUT2D eigenvalue weighted by atomic mass is 10.3. The first-order valence-corrected chi connectivity index (χ1v) is 9.42. The molecule has 3 rings (SSSR count). The van der Waals surface area contributed by atoms with Crippen molar-refractivity contribution in [3.05, 3.63) is 88.9 Å². The van der Waals surface area contributed by atoms with Crippen LogP contribution in [0.5, 0.6) is 11.5 Å². The number of hydrogen-bond acceptors (Lipinski definition) is 3. The summed E-state index contributed by atoms with van der Waals surface area (Å²) in [5, 5.41) is 1.10. The maximum absolute atomic E-state index is 13.5. The average molecular weight is 379 g/mol. The van der Waals surface area contributed by atoms with Crippen LogP contribution in [0.1, 0.15) is 0 Å². The zero-order valence-electron chi connectivity index (χ0n) is 12.4. The van der Waals surface area contributed by atoms with Crippen LogP contribution in [0.4, 0.5) is 0 Å². The first kappa shape index (κ1) is 16.9. The third kappa shape index (κ3) is 3.76. The SMILES string of the molecule is O=P(Oc1ccccc1Cl)(Oc1ccccc1Cl)c1ccccc1. The highest BCUT2D eigenvalue weighted by Crippen LogP contribution is 2.50. The molecule has 0 unspecified atom stereocenters. The Morgan fingerprint density at radius 1 is 0.625 bits per heavy atom. The van der Waals surface area contributed by atoms with Crippen LogP contribution in [-0.4, -0.2) is 0 Å². The molecule has 3 aromatic rings. The number of benzene rings is 3. The minimum absolute atomic E-state index is 0.276. The molecule has 3 nitrogen and oxygen atoms in total. The van der Waals surface area contributed by atoms with Crippen LogP contribution in [-0.2, 0) is 4.57 Å². The monoisotopic (exact) mass is 378 g/mol. The summed E-state index contributed by atoms with van der Waals surface area (Å²) in [4.78, 5) is 0. The molecule has 0 bridgehead atoms. The molecule has 0 heterocycles. The van der Waals surface area contributed by atoms with Crippen LogP contribution >= 0.6 is 30.8 Å². The Balaban J connectivity index is 2.03. The van der Waals surface area contributed by atoms with Crippen LogP contribution in [0.3, 0.4) is 0 Å². The van der Waals surface area contributed by atoms with Crippen molar-refractivity contribution in [1.29, 1.82) is 0 Å². The molecule has 0 amide bonds. The van der Waals surface area contributed by atoms with Crippen LogP contribution in [0, 0.1) is 0 Å². The molecule has 0 aliphatic carbocycles. The molecule has 0 N–H and O–H groups in total. The van der Waals surface area contributed by atoms with E-state index in [1.165, 1.54) is 0 Å². The maximum Gasteiger partial charge on any atom is 0.462 e. The van der Waals surface area contributed by atoms with Gasteiger partial charge >= 0.3 is 7.60 Å². The van der Waals surface area contributed by atoms with E-state index >= 15 is 0 Å². The van der Waals surface area contributed by atoms with Crippen LogP contribution in [0.15, 0.2) is 78.9 Å². The van der Waals surface area contributed by atoms with E-state index in [0.717, 1.165) is 0 Å². The van der Waals surface area contributed by atoms with Gasteiger partial charge in [-0.25, -0.2) is 4.57 Å². The van der Waals surface area contributed by atoms with Crippen molar-refractivity contribution in [2.75, 3.05) is 0 Å². The summed E-state index contributed by atoms with van der Waals surface area (Å²) in [6.45, 7) is 0. The van der Waals surface area contributed by atoms with E-state index in [9.17, 15) is 4.57 Å². The van der Waals surface area contributed by atoms with E-state index in [2.05, 4.69) is 0 Å². The van der Waals surface area contributed by atoms with Gasteiger partial charge in [0.05, 0.1) is 15.3 Å². The van der Waals surface area contributed by atoms with Gasteiger partial charge in [-0.3, -0.25) is 0 Å². The highest BCUT2D eigenvalue weighted by Gasteiger charge is 2.32. The topological polar surface area (TPSA) is 35.5 Å². The second-order valence-corrected chi connectivity index (χ2v) is 7.57. The molecule has 0 aliphatic rings. The second-order valence-electron chi connectivity index (χ2n) is 4.88. The fourth-order valence-corrected chi connectivity index (χ4v) is 4.11. The maximum atomic E-state index is 13.5. The standard InChI is InChI=1S/C18H13Cl2O3P/c19-15-10-4-6-12-17(15)22-24(21,14-8-2-1-3-9-14)23-18-13-7-5-11-16(18)20/h1-13H. The van der Waals surface area contributed by atoms with Crippen molar-refractivity contribution in [1.82, 2.24) is 0 Å². The zero-order valence-corrected chi connectivity index (χ0v) is 14.8. The van der Waals surface area contributed by atoms with Crippen LogP contribution in [0.25, 0.3) is 0 Å². The first-order valence-electron chi connectivity index (χ1n) is 7.12. The van der Waals surface area contributed by atoms with Crippen molar-refractivity contribution in [3.8, 4) is 11.5 Å². The van der Waals surface area contributed by atoms with Gasteiger partial charge in [-0.1, -0.05) is 65.7 Å². The molecule has 0 saturated heterocycles. The Hall–Kier alpha value is -1.93. The predicted molar refractivity (Wildman–Crippen MR) is 97.8 cm³/mol. The van der Waals surface area contributed by atoms with Gasteiger partial charge in [0.1, 0.15) is 11.5 Å². The largest absolute Gasteiger partial charge is 0.462 e. The minimum Gasteiger partial charge on any atom is -0.411 e. The van der Waals surface area contributed by atoms with E-state index in [1.807, 2.05) is 6.07 Å². The lowest BCUT2D eigenvalue weighted by Gasteiger charge is -2.21. The van der Waals surface area contributed by atoms with Crippen molar-refractivity contribution in [2.45, 2.75) is 0 Å². The summed E-state index contributed by atoms with van der Waals surface area (Å²) >= 11 is 12.2. The van der Waals surface area contributed by atoms with Crippen LogP contribution in [0.2, 0.25) is 10.0 Å². The second kappa shape index (κ2) is 7.31. The molecule has 0 saturated carbocycles. The summed E-state index contributed by atoms with van der Waals surface area (Å²) in [6, 6.07) is 22.3. The highest BCUT2D eigenvalue weighted by molar-refractivity contribution is 7.63. The first-order chi connectivity index (χ1) is 11.6. The molecule has 0 aliphatic heterocycles. The summed E-state index contributed by atoms with van der Waals surface area (Å²) in [6.07, 6.45) is 0. The lowest BCUT2D eigenvalue weighted by molar-refractivity contribution is 0.399. The van der Waals surface area contributed by atoms with Gasteiger partial charge in [0.15, 0.2) is 0 Å². The van der Waals surface area contributed by atoms with E-state index in [4.69, 9.17) is 32.2 Å². The summed E-state index contributed by atoms with van der Waals surface area (Å²) < 4.78 is 24.9. The quantitative estimate of drug-likeness (QED) is 0.513. The molecular formula is C18H13Cl2O3P. The molecular weight excluding hydrogens is 366 g/mol. The minimum atomic E-state index is -3.74. The summed E-state index contributed by atoms with van der Waals surface area (Å²) in [7, 11) is -3.74. The average Bonchev–Trinajstić information content (AvgIpc) is 2.60. The van der Waals surface area contributed by atoms with Crippen LogP contribution < -0.4 is 14.4 Å². The summed E-state index contributed by atoms with van der Waals surface area (Å²) in [5.41, 5.74) is 0. The molecule has 0 aromatic heterocycles. The van der Waals surface area contributed by atoms with Gasteiger partial charge in [-0.05, 0) is 36.4 Å². The molecule has 24 heavy (non-hydrogen) atoms. The molecule has 0 atom stereocenters. The fraction of sp³-hybridized carbons (Fsp3) is 0. The fourth-order valence-electron chi connectivity index (χ4n) is 2.03. The number of hydrogen-bond donors (Lipinski definition) is 0. The van der Waals surface area contributed by atoms with E-state index in [0.29, 0.717) is 15.3 Å². The van der Waals surface area contributed by atoms with Crippen molar-refractivity contribution < 1.29 is 13.6 Å². The number of para-hydroxylation sites is 2. The Labute approximate surface area is 150 Å². The third-order valence-electron chi connectivity index (χ3n) is 3.18. The highest BCUT2D eigenvalue weighted by atomic mass is 35.5. The van der Waals surface area contributed by atoms with Gasteiger partial charge in [0.25, 0.3) is 0 Å². The van der Waals surface area contributed by atoms with Gasteiger partial charge in [-0.15, -0.1) is 0 Å². The smallest absolute Gasteiger partial charge is 0.411 e. The van der Waals surface area contributed by atoms with Gasteiger partial charge in [0, 0.05) is 0 Å². The van der Waals surface area contributed by atoms with E-state index < -0.39 is 7.60 Å². The van der Waals surface area contributed by atoms with Gasteiger partial charge in [0.2, 0.25) is 0 Å². The number of rotatable bonds is 5. The molecule has 0 radical (unpaired) electrons. The van der Waals surface area contributed by atoms with E-state index in [1.54, 1.807) is 72.8 Å². The van der Waals surface area contributed by atoms with Crippen molar-refractivity contribution in [3.63, 3.8) is 0 Å². The number of halogens is 2. The van der Waals surface area contributed by atoms with Gasteiger partial charge in [-0.2, -0.15) is 0 Å². The molecule has 0 fully saturated rings. The zero-order chi connectivity index (χ0) is 17.0. The van der Waals surface area contributed by atoms with E-state index in [-0.39, 0.29) is 11.5 Å². The van der Waals surface area contributed by atoms with Crippen molar-refractivity contribution >= 4 is 36.1 Å². The van der Waals surface area contributed by atoms with Gasteiger partial charge < -0.3 is 9.05 Å². The lowest BCUT2D eigenvalue weighted by Crippen LogP contribution is -2.14. The third-order valence-corrected chi connectivity index (χ3v) is 5.61. The molecule has 122 valence electrons. The Bertz CT molecular complexity index is 833. The molecule has 6 heteroatoms. The Morgan fingerprint density at radius 2 is 1.04 bits per heavy atom. The molecule has 3 aromatic carbocycles. The predicted octanol–water partition coefficient (Wildman–Crippen LogP) is 5.97.